The lowest BCUT2D eigenvalue weighted by molar-refractivity contribution is -0.132. The predicted octanol–water partition coefficient (Wildman–Crippen LogP) is 3.54. The van der Waals surface area contributed by atoms with Crippen LogP contribution in [0.3, 0.4) is 0 Å². The summed E-state index contributed by atoms with van der Waals surface area (Å²) in [5.41, 5.74) is 2.31. The summed E-state index contributed by atoms with van der Waals surface area (Å²) in [6.45, 7) is 9.19. The van der Waals surface area contributed by atoms with Gasteiger partial charge in [0.15, 0.2) is 10.8 Å². The Morgan fingerprint density at radius 1 is 1.30 bits per heavy atom. The first-order valence-electron chi connectivity index (χ1n) is 10.7. The van der Waals surface area contributed by atoms with E-state index in [1.807, 2.05) is 16.2 Å². The Balaban J connectivity index is 1.53. The lowest BCUT2D eigenvalue weighted by Crippen LogP contribution is -2.41. The SMILES string of the molecule is CC(C)c1nc2sc3c(c2c2nnc(SCC(=O)N4CCOCC4)n12)CC[C@H](C)C3. The summed E-state index contributed by atoms with van der Waals surface area (Å²) in [5, 5.41) is 11.0. The minimum absolute atomic E-state index is 0.127. The van der Waals surface area contributed by atoms with Crippen molar-refractivity contribution in [2.24, 2.45) is 5.92 Å². The van der Waals surface area contributed by atoms with E-state index in [0.717, 1.165) is 40.2 Å². The topological polar surface area (TPSA) is 72.6 Å². The molecule has 160 valence electrons. The van der Waals surface area contributed by atoms with Crippen LogP contribution in [-0.4, -0.2) is 62.4 Å². The van der Waals surface area contributed by atoms with Gasteiger partial charge in [-0.15, -0.1) is 21.5 Å². The van der Waals surface area contributed by atoms with Crippen molar-refractivity contribution < 1.29 is 9.53 Å². The van der Waals surface area contributed by atoms with Crippen LogP contribution >= 0.6 is 23.1 Å². The molecule has 0 aromatic carbocycles. The number of morpholine rings is 1. The van der Waals surface area contributed by atoms with Gasteiger partial charge in [-0.05, 0) is 30.7 Å². The zero-order chi connectivity index (χ0) is 20.8. The lowest BCUT2D eigenvalue weighted by Gasteiger charge is -2.26. The third kappa shape index (κ3) is 3.50. The highest BCUT2D eigenvalue weighted by Gasteiger charge is 2.27. The zero-order valence-electron chi connectivity index (χ0n) is 17.7. The van der Waals surface area contributed by atoms with Gasteiger partial charge in [0, 0.05) is 23.9 Å². The Bertz CT molecular complexity index is 1100. The maximum absolute atomic E-state index is 12.6. The zero-order valence-corrected chi connectivity index (χ0v) is 19.3. The maximum Gasteiger partial charge on any atom is 0.233 e. The molecule has 1 aliphatic heterocycles. The van der Waals surface area contributed by atoms with Gasteiger partial charge in [-0.3, -0.25) is 9.20 Å². The summed E-state index contributed by atoms with van der Waals surface area (Å²) in [6.07, 6.45) is 3.42. The fourth-order valence-corrected chi connectivity index (χ4v) is 6.58. The summed E-state index contributed by atoms with van der Waals surface area (Å²) in [4.78, 5) is 22.1. The molecule has 30 heavy (non-hydrogen) atoms. The van der Waals surface area contributed by atoms with Gasteiger partial charge in [0.05, 0.1) is 24.4 Å². The first kappa shape index (κ1) is 20.2. The molecule has 3 aromatic rings. The number of hydrogen-bond acceptors (Lipinski definition) is 7. The van der Waals surface area contributed by atoms with E-state index >= 15 is 0 Å². The lowest BCUT2D eigenvalue weighted by atomic mass is 9.89. The van der Waals surface area contributed by atoms with Crippen LogP contribution < -0.4 is 0 Å². The molecular formula is C21H27N5O2S2. The number of hydrogen-bond donors (Lipinski definition) is 0. The standard InChI is InChI=1S/C21H27N5O2S2/c1-12(2)18-22-20-17(14-5-4-13(3)10-15(14)30-20)19-23-24-21(26(18)19)29-11-16(27)25-6-8-28-9-7-25/h12-13H,4-11H2,1-3H3/t13-/m0/s1. The van der Waals surface area contributed by atoms with Gasteiger partial charge in [0.2, 0.25) is 5.91 Å². The van der Waals surface area contributed by atoms with Gasteiger partial charge in [-0.2, -0.15) is 0 Å². The fraction of sp³-hybridized carbons (Fsp3) is 0.619. The minimum Gasteiger partial charge on any atom is -0.378 e. The Morgan fingerprint density at radius 2 is 2.10 bits per heavy atom. The molecule has 0 radical (unpaired) electrons. The summed E-state index contributed by atoms with van der Waals surface area (Å²) >= 11 is 3.28. The average molecular weight is 446 g/mol. The number of rotatable bonds is 4. The Hall–Kier alpha value is -1.71. The number of fused-ring (bicyclic) bond motifs is 5. The van der Waals surface area contributed by atoms with Crippen LogP contribution in [0.1, 0.15) is 49.4 Å². The third-order valence-electron chi connectivity index (χ3n) is 6.00. The molecule has 0 unspecified atom stereocenters. The van der Waals surface area contributed by atoms with Crippen LogP contribution in [0, 0.1) is 5.92 Å². The summed E-state index contributed by atoms with van der Waals surface area (Å²) in [5.74, 6) is 2.41. The number of thioether (sulfide) groups is 1. The third-order valence-corrected chi connectivity index (χ3v) is 8.06. The van der Waals surface area contributed by atoms with Crippen molar-refractivity contribution in [2.75, 3.05) is 32.1 Å². The van der Waals surface area contributed by atoms with Crippen LogP contribution in [0.15, 0.2) is 5.16 Å². The van der Waals surface area contributed by atoms with Gasteiger partial charge >= 0.3 is 0 Å². The van der Waals surface area contributed by atoms with Crippen molar-refractivity contribution >= 4 is 44.9 Å². The number of aryl methyl sites for hydroxylation is 1. The molecule has 0 saturated carbocycles. The van der Waals surface area contributed by atoms with E-state index in [-0.39, 0.29) is 11.8 Å². The second-order valence-corrected chi connectivity index (χ2v) is 10.6. The van der Waals surface area contributed by atoms with E-state index in [0.29, 0.717) is 32.1 Å². The highest BCUT2D eigenvalue weighted by Crippen LogP contribution is 2.40. The molecule has 0 bridgehead atoms. The highest BCUT2D eigenvalue weighted by molar-refractivity contribution is 7.99. The number of aromatic nitrogens is 4. The minimum atomic E-state index is 0.127. The molecule has 5 rings (SSSR count). The number of thiophene rings is 1. The van der Waals surface area contributed by atoms with Crippen molar-refractivity contribution in [3.8, 4) is 0 Å². The van der Waals surface area contributed by atoms with Crippen molar-refractivity contribution in [1.29, 1.82) is 0 Å². The van der Waals surface area contributed by atoms with Crippen molar-refractivity contribution in [1.82, 2.24) is 24.5 Å². The van der Waals surface area contributed by atoms with Crippen molar-refractivity contribution in [3.05, 3.63) is 16.3 Å². The highest BCUT2D eigenvalue weighted by atomic mass is 32.2. The number of amides is 1. The van der Waals surface area contributed by atoms with Gasteiger partial charge in [-0.25, -0.2) is 4.98 Å². The maximum atomic E-state index is 12.6. The second kappa shape index (κ2) is 8.09. The summed E-state index contributed by atoms with van der Waals surface area (Å²) < 4.78 is 7.44. The van der Waals surface area contributed by atoms with Crippen molar-refractivity contribution in [3.63, 3.8) is 0 Å². The van der Waals surface area contributed by atoms with E-state index < -0.39 is 0 Å². The van der Waals surface area contributed by atoms with E-state index in [9.17, 15) is 4.79 Å². The summed E-state index contributed by atoms with van der Waals surface area (Å²) in [6, 6.07) is 0. The van der Waals surface area contributed by atoms with E-state index in [4.69, 9.17) is 9.72 Å². The molecule has 1 amide bonds. The molecule has 9 heteroatoms. The number of nitrogens with zero attached hydrogens (tertiary/aromatic N) is 5. The van der Waals surface area contributed by atoms with Gasteiger partial charge in [0.25, 0.3) is 0 Å². The van der Waals surface area contributed by atoms with Crippen LogP contribution in [0.25, 0.3) is 15.9 Å². The number of carbonyl (C=O) groups is 1. The predicted molar refractivity (Wildman–Crippen MR) is 120 cm³/mol. The normalized spacial score (nSPS) is 19.7. The van der Waals surface area contributed by atoms with Crippen molar-refractivity contribution in [2.45, 2.75) is 51.1 Å². The number of ether oxygens (including phenoxy) is 1. The molecule has 1 aliphatic carbocycles. The van der Waals surface area contributed by atoms with Gasteiger partial charge in [0.1, 0.15) is 10.7 Å². The first-order valence-corrected chi connectivity index (χ1v) is 12.5. The van der Waals surface area contributed by atoms with Crippen LogP contribution in [-0.2, 0) is 22.4 Å². The Morgan fingerprint density at radius 3 is 2.87 bits per heavy atom. The molecule has 1 saturated heterocycles. The van der Waals surface area contributed by atoms with E-state index in [2.05, 4.69) is 35.4 Å². The molecule has 1 fully saturated rings. The molecular weight excluding hydrogens is 418 g/mol. The average Bonchev–Trinajstić information content (AvgIpc) is 3.32. The molecule has 1 atom stereocenters. The molecule has 7 nitrogen and oxygen atoms in total. The van der Waals surface area contributed by atoms with Crippen LogP contribution in [0.2, 0.25) is 0 Å². The number of carbonyl (C=O) groups excluding carboxylic acids is 1. The fourth-order valence-electron chi connectivity index (χ4n) is 4.35. The van der Waals surface area contributed by atoms with Crippen LogP contribution in [0.4, 0.5) is 0 Å². The smallest absolute Gasteiger partial charge is 0.233 e. The summed E-state index contributed by atoms with van der Waals surface area (Å²) in [7, 11) is 0. The molecule has 0 N–H and O–H groups in total. The quantitative estimate of drug-likeness (QED) is 0.572. The monoisotopic (exact) mass is 445 g/mol. The van der Waals surface area contributed by atoms with E-state index in [1.54, 1.807) is 0 Å². The van der Waals surface area contributed by atoms with Crippen LogP contribution in [0.5, 0.6) is 0 Å². The molecule has 3 aromatic heterocycles. The Labute approximate surface area is 184 Å². The van der Waals surface area contributed by atoms with Gasteiger partial charge in [-0.1, -0.05) is 32.5 Å². The molecule has 4 heterocycles. The molecule has 0 spiro atoms. The molecule has 2 aliphatic rings. The van der Waals surface area contributed by atoms with Gasteiger partial charge < -0.3 is 9.64 Å². The first-order chi connectivity index (χ1) is 14.5. The Kier molecular flexibility index (Phi) is 5.45. The largest absolute Gasteiger partial charge is 0.378 e. The second-order valence-electron chi connectivity index (χ2n) is 8.58. The van der Waals surface area contributed by atoms with E-state index in [1.165, 1.54) is 34.0 Å².